The molecule has 1 fully saturated rings. The van der Waals surface area contributed by atoms with E-state index in [4.69, 9.17) is 0 Å². The molecule has 1 atom stereocenters. The van der Waals surface area contributed by atoms with E-state index in [9.17, 15) is 9.90 Å². The van der Waals surface area contributed by atoms with Gasteiger partial charge in [-0.05, 0) is 33.2 Å². The van der Waals surface area contributed by atoms with Crippen molar-refractivity contribution in [2.45, 2.75) is 51.3 Å². The monoisotopic (exact) mass is 297 g/mol. The number of hydrogen-bond donors (Lipinski definition) is 2. The lowest BCUT2D eigenvalue weighted by molar-refractivity contribution is -0.119. The fourth-order valence-electron chi connectivity index (χ4n) is 2.75. The molecule has 1 saturated heterocycles. The zero-order valence-corrected chi connectivity index (χ0v) is 13.2. The van der Waals surface area contributed by atoms with E-state index in [2.05, 4.69) is 15.2 Å². The van der Waals surface area contributed by atoms with Crippen molar-refractivity contribution >= 4 is 17.2 Å². The molecular weight excluding hydrogens is 274 g/mol. The number of nitrogens with one attached hydrogen (secondary N) is 1. The third kappa shape index (κ3) is 3.77. The lowest BCUT2D eigenvalue weighted by atomic mass is 9.96. The van der Waals surface area contributed by atoms with Crippen LogP contribution in [0, 0.1) is 0 Å². The summed E-state index contributed by atoms with van der Waals surface area (Å²) in [4.78, 5) is 18.1. The molecule has 0 aromatic carbocycles. The predicted molar refractivity (Wildman–Crippen MR) is 79.6 cm³/mol. The minimum atomic E-state index is -0.683. The van der Waals surface area contributed by atoms with E-state index in [-0.39, 0.29) is 11.9 Å². The van der Waals surface area contributed by atoms with Crippen molar-refractivity contribution in [1.29, 1.82) is 0 Å². The predicted octanol–water partition coefficient (Wildman–Crippen LogP) is 1.17. The van der Waals surface area contributed by atoms with E-state index in [1.165, 1.54) is 11.3 Å². The number of carbonyl (C=O) groups is 1. The van der Waals surface area contributed by atoms with Gasteiger partial charge in [-0.25, -0.2) is 4.98 Å². The molecule has 0 radical (unpaired) electrons. The molecule has 1 aliphatic rings. The Bertz CT molecular complexity index is 467. The molecule has 1 unspecified atom stereocenters. The largest absolute Gasteiger partial charge is 0.389 e. The highest BCUT2D eigenvalue weighted by molar-refractivity contribution is 7.09. The maximum atomic E-state index is 11.3. The lowest BCUT2D eigenvalue weighted by Gasteiger charge is -2.33. The molecule has 112 valence electrons. The smallest absolute Gasteiger partial charge is 0.226 e. The minimum Gasteiger partial charge on any atom is -0.389 e. The van der Waals surface area contributed by atoms with Gasteiger partial charge in [0.15, 0.2) is 0 Å². The van der Waals surface area contributed by atoms with Gasteiger partial charge in [0.2, 0.25) is 5.91 Å². The lowest BCUT2D eigenvalue weighted by Crippen LogP contribution is -2.45. The SMILES string of the molecule is CNC(=O)Cc1nc(CN2CCCC2C(C)(C)O)cs1. The molecule has 1 amide bonds. The molecular formula is C14H23N3O2S. The number of thiazole rings is 1. The third-order valence-electron chi connectivity index (χ3n) is 3.73. The molecule has 0 bridgehead atoms. The van der Waals surface area contributed by atoms with Crippen molar-refractivity contribution < 1.29 is 9.90 Å². The summed E-state index contributed by atoms with van der Waals surface area (Å²) in [5, 5.41) is 15.7. The van der Waals surface area contributed by atoms with Crippen LogP contribution in [0.5, 0.6) is 0 Å². The van der Waals surface area contributed by atoms with Crippen molar-refractivity contribution in [2.75, 3.05) is 13.6 Å². The van der Waals surface area contributed by atoms with E-state index in [1.807, 2.05) is 19.2 Å². The van der Waals surface area contributed by atoms with Gasteiger partial charge in [-0.1, -0.05) is 0 Å². The topological polar surface area (TPSA) is 65.5 Å². The minimum absolute atomic E-state index is 0.0126. The second kappa shape index (κ2) is 6.20. The summed E-state index contributed by atoms with van der Waals surface area (Å²) in [5.41, 5.74) is 0.308. The van der Waals surface area contributed by atoms with Crippen LogP contribution in [0.3, 0.4) is 0 Å². The Labute approximate surface area is 124 Å². The standard InChI is InChI=1S/C14H23N3O2S/c1-14(2,19)11-5-4-6-17(11)8-10-9-20-13(16-10)7-12(18)15-3/h9,11,19H,4-8H2,1-3H3,(H,15,18). The van der Waals surface area contributed by atoms with E-state index in [0.717, 1.165) is 36.6 Å². The number of hydrogen-bond acceptors (Lipinski definition) is 5. The molecule has 1 aromatic heterocycles. The second-order valence-electron chi connectivity index (χ2n) is 5.86. The van der Waals surface area contributed by atoms with Gasteiger partial charge < -0.3 is 10.4 Å². The summed E-state index contributed by atoms with van der Waals surface area (Å²) >= 11 is 1.52. The maximum Gasteiger partial charge on any atom is 0.226 e. The van der Waals surface area contributed by atoms with Crippen LogP contribution in [0.25, 0.3) is 0 Å². The molecule has 0 spiro atoms. The van der Waals surface area contributed by atoms with Crippen LogP contribution in [0.2, 0.25) is 0 Å². The summed E-state index contributed by atoms with van der Waals surface area (Å²) in [6.45, 7) is 5.48. The molecule has 5 nitrogen and oxygen atoms in total. The van der Waals surface area contributed by atoms with Crippen molar-refractivity contribution in [3.05, 3.63) is 16.1 Å². The number of likely N-dealkylation sites (N-methyl/N-ethyl adjacent to an activating group) is 1. The Hall–Kier alpha value is -0.980. The van der Waals surface area contributed by atoms with Crippen LogP contribution in [0.4, 0.5) is 0 Å². The van der Waals surface area contributed by atoms with Crippen LogP contribution in [0.15, 0.2) is 5.38 Å². The number of aromatic nitrogens is 1. The quantitative estimate of drug-likeness (QED) is 0.856. The zero-order valence-electron chi connectivity index (χ0n) is 12.3. The molecule has 2 rings (SSSR count). The van der Waals surface area contributed by atoms with Gasteiger partial charge in [-0.2, -0.15) is 0 Å². The van der Waals surface area contributed by atoms with E-state index in [0.29, 0.717) is 6.42 Å². The van der Waals surface area contributed by atoms with Gasteiger partial charge in [0.05, 0.1) is 17.7 Å². The Morgan fingerprint density at radius 3 is 3.05 bits per heavy atom. The Morgan fingerprint density at radius 2 is 2.40 bits per heavy atom. The second-order valence-corrected chi connectivity index (χ2v) is 6.81. The highest BCUT2D eigenvalue weighted by Gasteiger charge is 2.35. The fraction of sp³-hybridized carbons (Fsp3) is 0.714. The first kappa shape index (κ1) is 15.4. The van der Waals surface area contributed by atoms with Crippen molar-refractivity contribution in [3.8, 4) is 0 Å². The molecule has 6 heteroatoms. The van der Waals surface area contributed by atoms with Crippen molar-refractivity contribution in [3.63, 3.8) is 0 Å². The number of nitrogens with zero attached hydrogens (tertiary/aromatic N) is 2. The molecule has 2 heterocycles. The van der Waals surface area contributed by atoms with Crippen molar-refractivity contribution in [1.82, 2.24) is 15.2 Å². The first-order valence-corrected chi connectivity index (χ1v) is 7.88. The Kier molecular flexibility index (Phi) is 4.78. The number of rotatable bonds is 5. The van der Waals surface area contributed by atoms with E-state index < -0.39 is 5.60 Å². The van der Waals surface area contributed by atoms with Gasteiger partial charge in [-0.15, -0.1) is 11.3 Å². The summed E-state index contributed by atoms with van der Waals surface area (Å²) in [5.74, 6) is -0.0126. The van der Waals surface area contributed by atoms with Crippen LogP contribution in [-0.2, 0) is 17.8 Å². The molecule has 1 aliphatic heterocycles. The van der Waals surface area contributed by atoms with E-state index in [1.54, 1.807) is 7.05 Å². The van der Waals surface area contributed by atoms with Gasteiger partial charge in [0.25, 0.3) is 0 Å². The van der Waals surface area contributed by atoms with Gasteiger partial charge in [-0.3, -0.25) is 9.69 Å². The Morgan fingerprint density at radius 1 is 1.65 bits per heavy atom. The van der Waals surface area contributed by atoms with Crippen LogP contribution < -0.4 is 5.32 Å². The zero-order chi connectivity index (χ0) is 14.8. The molecule has 20 heavy (non-hydrogen) atoms. The number of likely N-dealkylation sites (tertiary alicyclic amines) is 1. The summed E-state index contributed by atoms with van der Waals surface area (Å²) in [6.07, 6.45) is 2.48. The van der Waals surface area contributed by atoms with Crippen molar-refractivity contribution in [2.24, 2.45) is 0 Å². The van der Waals surface area contributed by atoms with Gasteiger partial charge >= 0.3 is 0 Å². The van der Waals surface area contributed by atoms with Crippen LogP contribution >= 0.6 is 11.3 Å². The average Bonchev–Trinajstić information content (AvgIpc) is 2.98. The van der Waals surface area contributed by atoms with Crippen LogP contribution in [0.1, 0.15) is 37.4 Å². The molecule has 0 aliphatic carbocycles. The fourth-order valence-corrected chi connectivity index (χ4v) is 3.54. The number of carbonyl (C=O) groups excluding carboxylic acids is 1. The Balaban J connectivity index is 1.98. The molecule has 0 saturated carbocycles. The average molecular weight is 297 g/mol. The molecule has 1 aromatic rings. The van der Waals surface area contributed by atoms with E-state index >= 15 is 0 Å². The first-order valence-electron chi connectivity index (χ1n) is 7.00. The maximum absolute atomic E-state index is 11.3. The summed E-state index contributed by atoms with van der Waals surface area (Å²) < 4.78 is 0. The van der Waals surface area contributed by atoms with Gasteiger partial charge in [0, 0.05) is 25.0 Å². The summed E-state index contributed by atoms with van der Waals surface area (Å²) in [7, 11) is 1.63. The molecule has 2 N–H and O–H groups in total. The highest BCUT2D eigenvalue weighted by Crippen LogP contribution is 2.28. The van der Waals surface area contributed by atoms with Gasteiger partial charge in [0.1, 0.15) is 5.01 Å². The normalized spacial score (nSPS) is 20.3. The number of amides is 1. The summed E-state index contributed by atoms with van der Waals surface area (Å²) in [6, 6.07) is 0.187. The number of aliphatic hydroxyl groups is 1. The third-order valence-corrected chi connectivity index (χ3v) is 4.63. The first-order chi connectivity index (χ1) is 9.40. The van der Waals surface area contributed by atoms with Crippen LogP contribution in [-0.4, -0.2) is 46.1 Å². The highest BCUT2D eigenvalue weighted by atomic mass is 32.1.